The Bertz CT molecular complexity index is 833. The van der Waals surface area contributed by atoms with E-state index in [4.69, 9.17) is 0 Å². The van der Waals surface area contributed by atoms with Gasteiger partial charge in [0.1, 0.15) is 6.54 Å². The lowest BCUT2D eigenvalue weighted by Crippen LogP contribution is -2.39. The molecule has 2 aromatic carbocycles. The van der Waals surface area contributed by atoms with E-state index in [1.165, 1.54) is 6.21 Å². The number of hydrogen-bond acceptors (Lipinski definition) is 4. The summed E-state index contributed by atoms with van der Waals surface area (Å²) >= 11 is 0. The van der Waals surface area contributed by atoms with E-state index >= 15 is 0 Å². The van der Waals surface area contributed by atoms with Gasteiger partial charge in [0.05, 0.1) is 18.2 Å². The van der Waals surface area contributed by atoms with Gasteiger partial charge in [0.2, 0.25) is 10.0 Å². The second-order valence-corrected chi connectivity index (χ2v) is 7.22. The molecular weight excluding hydrogens is 326 g/mol. The zero-order valence-corrected chi connectivity index (χ0v) is 14.3. The van der Waals surface area contributed by atoms with Crippen LogP contribution in [0.1, 0.15) is 11.1 Å². The Morgan fingerprint density at radius 1 is 1.17 bits per heavy atom. The summed E-state index contributed by atoms with van der Waals surface area (Å²) in [6.45, 7) is 1.52. The summed E-state index contributed by atoms with van der Waals surface area (Å²) in [5.41, 5.74) is 4.52. The molecule has 0 aromatic heterocycles. The number of amides is 1. The van der Waals surface area contributed by atoms with E-state index in [0.29, 0.717) is 5.69 Å². The Labute approximate surface area is 141 Å². The summed E-state index contributed by atoms with van der Waals surface area (Å²) in [6.07, 6.45) is 2.56. The third-order valence-electron chi connectivity index (χ3n) is 3.18. The summed E-state index contributed by atoms with van der Waals surface area (Å²) in [7, 11) is -3.59. The van der Waals surface area contributed by atoms with Gasteiger partial charge < -0.3 is 0 Å². The molecule has 0 fully saturated rings. The first kappa shape index (κ1) is 17.7. The van der Waals surface area contributed by atoms with Gasteiger partial charge in [-0.15, -0.1) is 0 Å². The lowest BCUT2D eigenvalue weighted by molar-refractivity contribution is -0.119. The van der Waals surface area contributed by atoms with Crippen molar-refractivity contribution in [2.75, 3.05) is 17.1 Å². The predicted molar refractivity (Wildman–Crippen MR) is 95.5 cm³/mol. The predicted octanol–water partition coefficient (Wildman–Crippen LogP) is 1.91. The third-order valence-corrected chi connectivity index (χ3v) is 4.32. The van der Waals surface area contributed by atoms with Crippen LogP contribution in [0, 0.1) is 6.92 Å². The second-order valence-electron chi connectivity index (χ2n) is 5.31. The van der Waals surface area contributed by atoms with Crippen LogP contribution in [-0.2, 0) is 14.8 Å². The molecule has 0 bridgehead atoms. The Hall–Kier alpha value is -2.67. The van der Waals surface area contributed by atoms with Crippen molar-refractivity contribution < 1.29 is 13.2 Å². The van der Waals surface area contributed by atoms with Crippen LogP contribution < -0.4 is 9.73 Å². The molecule has 1 N–H and O–H groups in total. The lowest BCUT2D eigenvalue weighted by Gasteiger charge is -2.21. The molecule has 0 radical (unpaired) electrons. The van der Waals surface area contributed by atoms with Crippen molar-refractivity contribution in [1.29, 1.82) is 0 Å². The Morgan fingerprint density at radius 3 is 2.50 bits per heavy atom. The highest BCUT2D eigenvalue weighted by molar-refractivity contribution is 7.92. The molecule has 0 aliphatic rings. The van der Waals surface area contributed by atoms with Gasteiger partial charge in [0.15, 0.2) is 0 Å². The molecule has 1 amide bonds. The Balaban J connectivity index is 2.07. The zero-order valence-electron chi connectivity index (χ0n) is 13.5. The van der Waals surface area contributed by atoms with Gasteiger partial charge in [-0.1, -0.05) is 42.5 Å². The lowest BCUT2D eigenvalue weighted by atomic mass is 10.2. The molecule has 7 heteroatoms. The van der Waals surface area contributed by atoms with E-state index in [9.17, 15) is 13.2 Å². The maximum Gasteiger partial charge on any atom is 0.260 e. The molecule has 2 aromatic rings. The van der Waals surface area contributed by atoms with E-state index in [-0.39, 0.29) is 6.54 Å². The van der Waals surface area contributed by atoms with E-state index in [1.807, 2.05) is 43.3 Å². The summed E-state index contributed by atoms with van der Waals surface area (Å²) < 4.78 is 25.0. The van der Waals surface area contributed by atoms with Crippen LogP contribution in [0.4, 0.5) is 5.69 Å². The SMILES string of the molecule is Cc1cccc(N(CC(=O)N/N=C/c2ccccc2)S(C)(=O)=O)c1. The van der Waals surface area contributed by atoms with Crippen LogP contribution >= 0.6 is 0 Å². The van der Waals surface area contributed by atoms with Gasteiger partial charge in [-0.05, 0) is 30.2 Å². The quantitative estimate of drug-likeness (QED) is 0.642. The summed E-state index contributed by atoms with van der Waals surface area (Å²) in [5.74, 6) is -0.519. The molecule has 0 spiro atoms. The molecule has 0 atom stereocenters. The minimum Gasteiger partial charge on any atom is -0.271 e. The smallest absolute Gasteiger partial charge is 0.260 e. The van der Waals surface area contributed by atoms with Crippen LogP contribution in [0.2, 0.25) is 0 Å². The highest BCUT2D eigenvalue weighted by Crippen LogP contribution is 2.18. The summed E-state index contributed by atoms with van der Waals surface area (Å²) in [6, 6.07) is 16.2. The number of benzene rings is 2. The number of aryl methyl sites for hydroxylation is 1. The Morgan fingerprint density at radius 2 is 1.88 bits per heavy atom. The number of sulfonamides is 1. The molecule has 0 saturated heterocycles. The summed E-state index contributed by atoms with van der Waals surface area (Å²) in [5, 5.41) is 3.84. The summed E-state index contributed by atoms with van der Waals surface area (Å²) in [4.78, 5) is 12.0. The molecule has 6 nitrogen and oxygen atoms in total. The van der Waals surface area contributed by atoms with Gasteiger partial charge >= 0.3 is 0 Å². The van der Waals surface area contributed by atoms with Crippen molar-refractivity contribution in [3.05, 3.63) is 65.7 Å². The van der Waals surface area contributed by atoms with Crippen molar-refractivity contribution in [3.8, 4) is 0 Å². The van der Waals surface area contributed by atoms with Crippen LogP contribution in [-0.4, -0.2) is 33.3 Å². The van der Waals surface area contributed by atoms with E-state index < -0.39 is 15.9 Å². The number of carbonyl (C=O) groups is 1. The van der Waals surface area contributed by atoms with Crippen LogP contribution in [0.3, 0.4) is 0 Å². The largest absolute Gasteiger partial charge is 0.271 e. The first-order chi connectivity index (χ1) is 11.4. The van der Waals surface area contributed by atoms with Crippen molar-refractivity contribution >= 4 is 27.8 Å². The zero-order chi connectivity index (χ0) is 17.6. The first-order valence-electron chi connectivity index (χ1n) is 7.27. The molecule has 0 saturated carbocycles. The number of hydrogen-bond donors (Lipinski definition) is 1. The maximum atomic E-state index is 12.0. The van der Waals surface area contributed by atoms with Gasteiger partial charge in [0.25, 0.3) is 5.91 Å². The van der Waals surface area contributed by atoms with Gasteiger partial charge in [-0.3, -0.25) is 9.10 Å². The number of rotatable bonds is 6. The van der Waals surface area contributed by atoms with Crippen LogP contribution in [0.5, 0.6) is 0 Å². The van der Waals surface area contributed by atoms with Crippen LogP contribution in [0.15, 0.2) is 59.7 Å². The maximum absolute atomic E-state index is 12.0. The number of nitrogens with zero attached hydrogens (tertiary/aromatic N) is 2. The molecule has 2 rings (SSSR count). The molecule has 0 heterocycles. The molecule has 0 aliphatic carbocycles. The number of nitrogens with one attached hydrogen (secondary N) is 1. The Kier molecular flexibility index (Phi) is 5.70. The average molecular weight is 345 g/mol. The average Bonchev–Trinajstić information content (AvgIpc) is 2.52. The minimum atomic E-state index is -3.59. The molecule has 0 unspecified atom stereocenters. The number of anilines is 1. The number of carbonyl (C=O) groups excluding carboxylic acids is 1. The van der Waals surface area contributed by atoms with E-state index in [0.717, 1.165) is 21.7 Å². The minimum absolute atomic E-state index is 0.339. The van der Waals surface area contributed by atoms with Gasteiger partial charge in [-0.2, -0.15) is 5.10 Å². The van der Waals surface area contributed by atoms with E-state index in [2.05, 4.69) is 10.5 Å². The van der Waals surface area contributed by atoms with Crippen molar-refractivity contribution in [2.45, 2.75) is 6.92 Å². The topological polar surface area (TPSA) is 78.8 Å². The standard InChI is InChI=1S/C17H19N3O3S/c1-14-7-6-10-16(11-14)20(24(2,22)23)13-17(21)19-18-12-15-8-4-3-5-9-15/h3-12H,13H2,1-2H3,(H,19,21)/b18-12+. The molecule has 0 aliphatic heterocycles. The highest BCUT2D eigenvalue weighted by atomic mass is 32.2. The highest BCUT2D eigenvalue weighted by Gasteiger charge is 2.20. The van der Waals surface area contributed by atoms with Crippen molar-refractivity contribution in [1.82, 2.24) is 5.43 Å². The van der Waals surface area contributed by atoms with Crippen molar-refractivity contribution in [2.24, 2.45) is 5.10 Å². The fourth-order valence-electron chi connectivity index (χ4n) is 2.07. The van der Waals surface area contributed by atoms with Gasteiger partial charge in [0, 0.05) is 0 Å². The van der Waals surface area contributed by atoms with Crippen LogP contribution in [0.25, 0.3) is 0 Å². The molecule has 24 heavy (non-hydrogen) atoms. The first-order valence-corrected chi connectivity index (χ1v) is 9.12. The molecule has 126 valence electrons. The second kappa shape index (κ2) is 7.74. The fraction of sp³-hybridized carbons (Fsp3) is 0.176. The fourth-order valence-corrected chi connectivity index (χ4v) is 2.92. The van der Waals surface area contributed by atoms with Gasteiger partial charge in [-0.25, -0.2) is 13.8 Å². The monoisotopic (exact) mass is 345 g/mol. The third kappa shape index (κ3) is 5.20. The van der Waals surface area contributed by atoms with Crippen molar-refractivity contribution in [3.63, 3.8) is 0 Å². The van der Waals surface area contributed by atoms with E-state index in [1.54, 1.807) is 18.2 Å². The molecular formula is C17H19N3O3S. The normalized spacial score (nSPS) is 11.4. The number of hydrazone groups is 1.